The van der Waals surface area contributed by atoms with Crippen LogP contribution in [0.1, 0.15) is 30.2 Å². The molecule has 0 aliphatic heterocycles. The summed E-state index contributed by atoms with van der Waals surface area (Å²) < 4.78 is 5.70. The van der Waals surface area contributed by atoms with Crippen LogP contribution in [-0.4, -0.2) is 30.3 Å². The Bertz CT molecular complexity index is 1040. The predicted octanol–water partition coefficient (Wildman–Crippen LogP) is 3.12. The number of aromatic amines is 1. The Balaban J connectivity index is 1.60. The van der Waals surface area contributed by atoms with E-state index in [0.29, 0.717) is 29.7 Å². The van der Waals surface area contributed by atoms with Crippen LogP contribution in [0.2, 0.25) is 0 Å². The van der Waals surface area contributed by atoms with E-state index in [1.807, 2.05) is 30.3 Å². The number of oxazole rings is 1. The van der Waals surface area contributed by atoms with Crippen molar-refractivity contribution in [2.75, 3.05) is 5.32 Å². The highest BCUT2D eigenvalue weighted by molar-refractivity contribution is 5.74. The second-order valence-electron chi connectivity index (χ2n) is 6.25. The summed E-state index contributed by atoms with van der Waals surface area (Å²) in [6, 6.07) is 9.69. The number of nitrogens with one attached hydrogen (secondary N) is 2. The normalized spacial score (nSPS) is 16.6. The van der Waals surface area contributed by atoms with Crippen molar-refractivity contribution in [1.82, 2.24) is 25.1 Å². The zero-order chi connectivity index (χ0) is 17.5. The fraction of sp³-hybridized carbons (Fsp3) is 0.222. The summed E-state index contributed by atoms with van der Waals surface area (Å²) in [6.07, 6.45) is 3.46. The second-order valence-corrected chi connectivity index (χ2v) is 6.25. The minimum Gasteiger partial charge on any atom is -0.423 e. The maximum Gasteiger partial charge on any atom is 0.302 e. The Morgan fingerprint density at radius 3 is 2.92 bits per heavy atom. The fourth-order valence-corrected chi connectivity index (χ4v) is 3.33. The van der Waals surface area contributed by atoms with E-state index in [1.165, 1.54) is 0 Å². The zero-order valence-corrected chi connectivity index (χ0v) is 13.8. The minimum atomic E-state index is -0.574. The lowest BCUT2D eigenvalue weighted by atomic mass is 9.91. The summed E-state index contributed by atoms with van der Waals surface area (Å²) in [4.78, 5) is 13.6. The second kappa shape index (κ2) is 5.92. The van der Waals surface area contributed by atoms with Gasteiger partial charge in [-0.1, -0.05) is 12.1 Å². The average Bonchev–Trinajstić information content (AvgIpc) is 3.30. The van der Waals surface area contributed by atoms with Crippen LogP contribution < -0.4 is 5.32 Å². The number of nitrogens with zero attached hydrogens (tertiary/aromatic N) is 4. The van der Waals surface area contributed by atoms with Crippen molar-refractivity contribution in [1.29, 1.82) is 0 Å². The third-order valence-electron chi connectivity index (χ3n) is 4.52. The van der Waals surface area contributed by atoms with Crippen LogP contribution in [0, 0.1) is 0 Å². The first-order valence-corrected chi connectivity index (χ1v) is 8.49. The smallest absolute Gasteiger partial charge is 0.302 e. The molecule has 0 bridgehead atoms. The Hall–Kier alpha value is -3.26. The third kappa shape index (κ3) is 2.51. The van der Waals surface area contributed by atoms with Crippen molar-refractivity contribution >= 4 is 23.1 Å². The lowest BCUT2D eigenvalue weighted by Gasteiger charge is -2.23. The molecule has 8 nitrogen and oxygen atoms in total. The van der Waals surface area contributed by atoms with Gasteiger partial charge in [0.25, 0.3) is 0 Å². The summed E-state index contributed by atoms with van der Waals surface area (Å²) in [5, 5.41) is 20.4. The molecule has 3 heterocycles. The first kappa shape index (κ1) is 15.0. The molecule has 1 aliphatic carbocycles. The maximum atomic E-state index is 10.5. The topological polar surface area (TPSA) is 113 Å². The molecule has 0 saturated carbocycles. The van der Waals surface area contributed by atoms with Gasteiger partial charge in [-0.3, -0.25) is 10.4 Å². The molecule has 130 valence electrons. The summed E-state index contributed by atoms with van der Waals surface area (Å²) in [5.41, 5.74) is 4.45. The molecule has 1 atom stereocenters. The quantitative estimate of drug-likeness (QED) is 0.521. The number of aryl methyl sites for hydroxylation is 1. The van der Waals surface area contributed by atoms with Gasteiger partial charge >= 0.3 is 6.01 Å². The molecule has 1 aromatic carbocycles. The number of aliphatic hydroxyl groups excluding tert-OH is 1. The number of para-hydroxylation sites is 2. The van der Waals surface area contributed by atoms with E-state index in [2.05, 4.69) is 30.5 Å². The van der Waals surface area contributed by atoms with Gasteiger partial charge in [0.05, 0.1) is 23.2 Å². The number of rotatable bonds is 3. The number of anilines is 2. The molecule has 5 rings (SSSR count). The van der Waals surface area contributed by atoms with Gasteiger partial charge in [0.1, 0.15) is 5.52 Å². The molecule has 0 amide bonds. The highest BCUT2D eigenvalue weighted by atomic mass is 16.4. The third-order valence-corrected chi connectivity index (χ3v) is 4.52. The minimum absolute atomic E-state index is 0.332. The van der Waals surface area contributed by atoms with Crippen LogP contribution in [0.5, 0.6) is 0 Å². The summed E-state index contributed by atoms with van der Waals surface area (Å²) in [5.74, 6) is 0.383. The highest BCUT2D eigenvalue weighted by Gasteiger charge is 2.26. The van der Waals surface area contributed by atoms with Crippen molar-refractivity contribution < 1.29 is 9.52 Å². The van der Waals surface area contributed by atoms with Gasteiger partial charge < -0.3 is 9.52 Å². The van der Waals surface area contributed by atoms with Crippen molar-refractivity contribution in [3.8, 4) is 11.4 Å². The van der Waals surface area contributed by atoms with E-state index in [-0.39, 0.29) is 0 Å². The number of benzene rings is 1. The molecule has 3 aromatic heterocycles. The van der Waals surface area contributed by atoms with Crippen LogP contribution in [-0.2, 0) is 6.42 Å². The van der Waals surface area contributed by atoms with E-state index in [0.717, 1.165) is 35.3 Å². The van der Waals surface area contributed by atoms with E-state index < -0.39 is 6.10 Å². The monoisotopic (exact) mass is 348 g/mol. The Kier molecular flexibility index (Phi) is 3.42. The molecule has 0 fully saturated rings. The average molecular weight is 348 g/mol. The molecule has 0 spiro atoms. The number of aliphatic hydroxyl groups is 1. The molecular weight excluding hydrogens is 332 g/mol. The Labute approximate surface area is 148 Å². The molecule has 0 radical (unpaired) electrons. The molecule has 4 aromatic rings. The number of aromatic nitrogens is 5. The number of hydrogen-bond acceptors (Lipinski definition) is 7. The number of H-pyrrole nitrogens is 1. The Morgan fingerprint density at radius 2 is 2.08 bits per heavy atom. The Morgan fingerprint density at radius 1 is 1.15 bits per heavy atom. The van der Waals surface area contributed by atoms with Crippen LogP contribution in [0.3, 0.4) is 0 Å². The van der Waals surface area contributed by atoms with Gasteiger partial charge in [-0.2, -0.15) is 10.1 Å². The molecule has 26 heavy (non-hydrogen) atoms. The number of fused-ring (bicyclic) bond motifs is 2. The van der Waals surface area contributed by atoms with E-state index >= 15 is 0 Å². The first-order valence-electron chi connectivity index (χ1n) is 8.49. The molecule has 1 aliphatic rings. The van der Waals surface area contributed by atoms with Crippen molar-refractivity contribution in [2.45, 2.75) is 25.4 Å². The summed E-state index contributed by atoms with van der Waals surface area (Å²) in [7, 11) is 0. The van der Waals surface area contributed by atoms with Gasteiger partial charge in [0.2, 0.25) is 5.95 Å². The van der Waals surface area contributed by atoms with E-state index in [4.69, 9.17) is 4.42 Å². The molecular formula is C18H16N6O2. The van der Waals surface area contributed by atoms with Crippen molar-refractivity contribution in [3.63, 3.8) is 0 Å². The molecule has 1 unspecified atom stereocenters. The van der Waals surface area contributed by atoms with Crippen LogP contribution >= 0.6 is 0 Å². The van der Waals surface area contributed by atoms with Gasteiger partial charge in [-0.05, 0) is 37.5 Å². The first-order chi connectivity index (χ1) is 12.8. The van der Waals surface area contributed by atoms with Crippen LogP contribution in [0.15, 0.2) is 40.9 Å². The van der Waals surface area contributed by atoms with Gasteiger partial charge in [-0.15, -0.1) is 0 Å². The van der Waals surface area contributed by atoms with Crippen molar-refractivity contribution in [2.24, 2.45) is 0 Å². The predicted molar refractivity (Wildman–Crippen MR) is 94.8 cm³/mol. The number of hydrogen-bond donors (Lipinski definition) is 3. The van der Waals surface area contributed by atoms with Crippen molar-refractivity contribution in [3.05, 3.63) is 47.8 Å². The largest absolute Gasteiger partial charge is 0.423 e. The lowest BCUT2D eigenvalue weighted by Crippen LogP contribution is -2.15. The summed E-state index contributed by atoms with van der Waals surface area (Å²) >= 11 is 0. The fourth-order valence-electron chi connectivity index (χ4n) is 3.33. The molecule has 8 heteroatoms. The van der Waals surface area contributed by atoms with Crippen LogP contribution in [0.4, 0.5) is 12.0 Å². The van der Waals surface area contributed by atoms with Gasteiger partial charge in [0, 0.05) is 11.8 Å². The van der Waals surface area contributed by atoms with Crippen LogP contribution in [0.25, 0.3) is 22.5 Å². The highest BCUT2D eigenvalue weighted by Crippen LogP contribution is 2.36. The maximum absolute atomic E-state index is 10.5. The standard InChI is InChI=1S/C18H16N6O2/c25-13-6-3-5-11-15(13)16(12-8-9-19-24-12)22-17(20-11)23-18-21-10-4-1-2-7-14(10)26-18/h1-2,4,7-9,13,25H,3,5-6H2,(H,19,24)(H,20,21,22,23). The van der Waals surface area contributed by atoms with E-state index in [9.17, 15) is 5.11 Å². The molecule has 0 saturated heterocycles. The van der Waals surface area contributed by atoms with Gasteiger partial charge in [-0.25, -0.2) is 9.97 Å². The summed E-state index contributed by atoms with van der Waals surface area (Å²) in [6.45, 7) is 0. The molecule has 3 N–H and O–H groups in total. The van der Waals surface area contributed by atoms with E-state index in [1.54, 1.807) is 6.20 Å². The zero-order valence-electron chi connectivity index (χ0n) is 13.8. The SMILES string of the molecule is OC1CCCc2nc(Nc3nc4ccccc4o3)nc(-c3ccn[nH]3)c21. The lowest BCUT2D eigenvalue weighted by molar-refractivity contribution is 0.155. The van der Waals surface area contributed by atoms with Gasteiger partial charge in [0.15, 0.2) is 5.58 Å².